The molecule has 0 unspecified atom stereocenters. The second kappa shape index (κ2) is 6.35. The number of hydrogen-bond acceptors (Lipinski definition) is 3. The van der Waals surface area contributed by atoms with E-state index in [2.05, 4.69) is 5.32 Å². The van der Waals surface area contributed by atoms with Crippen molar-refractivity contribution in [2.24, 2.45) is 0 Å². The number of nitrogens with one attached hydrogen (secondary N) is 1. The second-order valence-electron chi connectivity index (χ2n) is 5.01. The van der Waals surface area contributed by atoms with E-state index < -0.39 is 0 Å². The molecule has 1 N–H and O–H groups in total. The Balaban J connectivity index is 2.00. The maximum Gasteiger partial charge on any atom is 0.274 e. The third kappa shape index (κ3) is 3.78. The molecule has 2 aromatic carbocycles. The molecule has 110 valence electrons. The first kappa shape index (κ1) is 15.0. The fourth-order valence-electron chi connectivity index (χ4n) is 2.20. The lowest BCUT2D eigenvalue weighted by atomic mass is 10.1. The van der Waals surface area contributed by atoms with E-state index in [-0.39, 0.29) is 16.4 Å². The molecule has 2 rings (SSSR count). The summed E-state index contributed by atoms with van der Waals surface area (Å²) in [5.41, 5.74) is 3.43. The predicted molar refractivity (Wildman–Crippen MR) is 81.2 cm³/mol. The molecule has 0 saturated heterocycles. The Morgan fingerprint density at radius 1 is 1.14 bits per heavy atom. The molecule has 0 aromatic heterocycles. The van der Waals surface area contributed by atoms with E-state index in [1.807, 2.05) is 13.0 Å². The number of halogens is 1. The topological polar surface area (TPSA) is 55.2 Å². The molecule has 0 spiro atoms. The summed E-state index contributed by atoms with van der Waals surface area (Å²) in [6, 6.07) is 9.80. The first-order valence-corrected chi connectivity index (χ1v) is 6.71. The Morgan fingerprint density at radius 2 is 1.90 bits per heavy atom. The van der Waals surface area contributed by atoms with Gasteiger partial charge in [-0.25, -0.2) is 4.39 Å². The molecule has 0 bridgehead atoms. The van der Waals surface area contributed by atoms with Crippen molar-refractivity contribution in [1.29, 1.82) is 0 Å². The van der Waals surface area contributed by atoms with Gasteiger partial charge in [0.2, 0.25) is 0 Å². The lowest BCUT2D eigenvalue weighted by Crippen LogP contribution is -2.06. The van der Waals surface area contributed by atoms with Crippen LogP contribution in [0.2, 0.25) is 0 Å². The Labute approximate surface area is 122 Å². The lowest BCUT2D eigenvalue weighted by molar-refractivity contribution is -0.385. The van der Waals surface area contributed by atoms with E-state index >= 15 is 0 Å². The Morgan fingerprint density at radius 3 is 2.57 bits per heavy atom. The molecule has 4 nitrogen and oxygen atoms in total. The van der Waals surface area contributed by atoms with Crippen molar-refractivity contribution < 1.29 is 9.31 Å². The molecule has 0 aliphatic heterocycles. The molecule has 21 heavy (non-hydrogen) atoms. The Kier molecular flexibility index (Phi) is 4.52. The van der Waals surface area contributed by atoms with Gasteiger partial charge in [0.05, 0.1) is 4.92 Å². The van der Waals surface area contributed by atoms with E-state index in [9.17, 15) is 14.5 Å². The summed E-state index contributed by atoms with van der Waals surface area (Å²) in [6.45, 7) is 4.21. The fourth-order valence-corrected chi connectivity index (χ4v) is 2.20. The van der Waals surface area contributed by atoms with Gasteiger partial charge in [-0.3, -0.25) is 10.1 Å². The number of aryl methyl sites for hydroxylation is 2. The predicted octanol–water partition coefficient (Wildman–Crippen LogP) is 4.01. The zero-order chi connectivity index (χ0) is 15.4. The van der Waals surface area contributed by atoms with Crippen LogP contribution in [0.15, 0.2) is 36.4 Å². The highest BCUT2D eigenvalue weighted by Crippen LogP contribution is 2.22. The normalized spacial score (nSPS) is 10.4. The molecule has 0 heterocycles. The first-order valence-electron chi connectivity index (χ1n) is 6.71. The van der Waals surface area contributed by atoms with Gasteiger partial charge in [-0.2, -0.15) is 0 Å². The van der Waals surface area contributed by atoms with Crippen molar-refractivity contribution in [3.63, 3.8) is 0 Å². The van der Waals surface area contributed by atoms with Crippen LogP contribution in [0.25, 0.3) is 0 Å². The number of nitrogens with zero attached hydrogens (tertiary/aromatic N) is 1. The SMILES string of the molecule is Cc1cc(F)ccc1CCNc1ccc(C)c([N+](=O)[O-])c1. The molecule has 0 aliphatic carbocycles. The molecule has 0 atom stereocenters. The fraction of sp³-hybridized carbons (Fsp3) is 0.250. The van der Waals surface area contributed by atoms with E-state index in [4.69, 9.17) is 0 Å². The average Bonchev–Trinajstić information content (AvgIpc) is 2.42. The van der Waals surface area contributed by atoms with Gasteiger partial charge in [0, 0.05) is 23.9 Å². The van der Waals surface area contributed by atoms with Crippen LogP contribution in [0.3, 0.4) is 0 Å². The van der Waals surface area contributed by atoms with Crippen LogP contribution < -0.4 is 5.32 Å². The highest BCUT2D eigenvalue weighted by atomic mass is 19.1. The number of nitro groups is 1. The van der Waals surface area contributed by atoms with Gasteiger partial charge >= 0.3 is 0 Å². The van der Waals surface area contributed by atoms with Gasteiger partial charge in [0.15, 0.2) is 0 Å². The average molecular weight is 288 g/mol. The first-order chi connectivity index (χ1) is 9.97. The van der Waals surface area contributed by atoms with Crippen molar-refractivity contribution in [3.8, 4) is 0 Å². The second-order valence-corrected chi connectivity index (χ2v) is 5.01. The standard InChI is InChI=1S/C16H17FN2O2/c1-11-3-6-15(10-16(11)19(20)21)18-8-7-13-4-5-14(17)9-12(13)2/h3-6,9-10,18H,7-8H2,1-2H3. The van der Waals surface area contributed by atoms with Crippen molar-refractivity contribution in [2.75, 3.05) is 11.9 Å². The van der Waals surface area contributed by atoms with Gasteiger partial charge in [0.1, 0.15) is 5.82 Å². The largest absolute Gasteiger partial charge is 0.385 e. The summed E-state index contributed by atoms with van der Waals surface area (Å²) in [5, 5.41) is 14.0. The Hall–Kier alpha value is -2.43. The van der Waals surface area contributed by atoms with E-state index in [1.54, 1.807) is 19.1 Å². The number of hydrogen-bond donors (Lipinski definition) is 1. The van der Waals surface area contributed by atoms with E-state index in [1.165, 1.54) is 18.2 Å². The van der Waals surface area contributed by atoms with Crippen LogP contribution in [-0.2, 0) is 6.42 Å². The van der Waals surface area contributed by atoms with Crippen LogP contribution in [0, 0.1) is 29.8 Å². The summed E-state index contributed by atoms with van der Waals surface area (Å²) in [7, 11) is 0. The summed E-state index contributed by atoms with van der Waals surface area (Å²) >= 11 is 0. The summed E-state index contributed by atoms with van der Waals surface area (Å²) < 4.78 is 13.0. The van der Waals surface area contributed by atoms with Crippen LogP contribution in [-0.4, -0.2) is 11.5 Å². The molecule has 0 amide bonds. The van der Waals surface area contributed by atoms with E-state index in [0.717, 1.165) is 17.5 Å². The van der Waals surface area contributed by atoms with Crippen molar-refractivity contribution >= 4 is 11.4 Å². The summed E-state index contributed by atoms with van der Waals surface area (Å²) in [6.07, 6.45) is 0.730. The smallest absolute Gasteiger partial charge is 0.274 e. The third-order valence-electron chi connectivity index (χ3n) is 3.43. The lowest BCUT2D eigenvalue weighted by Gasteiger charge is -2.09. The molecular weight excluding hydrogens is 271 g/mol. The van der Waals surface area contributed by atoms with Crippen LogP contribution in [0.5, 0.6) is 0 Å². The minimum Gasteiger partial charge on any atom is -0.385 e. The monoisotopic (exact) mass is 288 g/mol. The third-order valence-corrected chi connectivity index (χ3v) is 3.43. The van der Waals surface area contributed by atoms with E-state index in [0.29, 0.717) is 17.8 Å². The molecule has 0 saturated carbocycles. The van der Waals surface area contributed by atoms with Crippen molar-refractivity contribution in [2.45, 2.75) is 20.3 Å². The maximum absolute atomic E-state index is 13.0. The van der Waals surface area contributed by atoms with Crippen LogP contribution >= 0.6 is 0 Å². The highest BCUT2D eigenvalue weighted by molar-refractivity contribution is 5.54. The number of anilines is 1. The molecule has 0 aliphatic rings. The van der Waals surface area contributed by atoms with Gasteiger partial charge in [-0.05, 0) is 49.6 Å². The van der Waals surface area contributed by atoms with Gasteiger partial charge in [-0.1, -0.05) is 12.1 Å². The summed E-state index contributed by atoms with van der Waals surface area (Å²) in [5.74, 6) is -0.238. The summed E-state index contributed by atoms with van der Waals surface area (Å²) in [4.78, 5) is 10.5. The Bertz CT molecular complexity index is 671. The van der Waals surface area contributed by atoms with Crippen LogP contribution in [0.1, 0.15) is 16.7 Å². The molecule has 2 aromatic rings. The molecule has 5 heteroatoms. The quantitative estimate of drug-likeness (QED) is 0.668. The minimum absolute atomic E-state index is 0.109. The zero-order valence-electron chi connectivity index (χ0n) is 12.0. The van der Waals surface area contributed by atoms with Crippen LogP contribution in [0.4, 0.5) is 15.8 Å². The van der Waals surface area contributed by atoms with Gasteiger partial charge in [0.25, 0.3) is 5.69 Å². The maximum atomic E-state index is 13.0. The minimum atomic E-state index is -0.384. The zero-order valence-corrected chi connectivity index (χ0v) is 12.0. The van der Waals surface area contributed by atoms with Gasteiger partial charge in [-0.15, -0.1) is 0 Å². The molecular formula is C16H17FN2O2. The van der Waals surface area contributed by atoms with Gasteiger partial charge < -0.3 is 5.32 Å². The molecule has 0 fully saturated rings. The van der Waals surface area contributed by atoms with Crippen molar-refractivity contribution in [3.05, 3.63) is 69.0 Å². The van der Waals surface area contributed by atoms with Crippen molar-refractivity contribution in [1.82, 2.24) is 0 Å². The molecule has 0 radical (unpaired) electrons. The highest BCUT2D eigenvalue weighted by Gasteiger charge is 2.10. The number of nitro benzene ring substituents is 1. The number of rotatable bonds is 5. The number of benzene rings is 2.